The van der Waals surface area contributed by atoms with E-state index in [0.717, 1.165) is 11.0 Å². The lowest BCUT2D eigenvalue weighted by molar-refractivity contribution is -0.385. The van der Waals surface area contributed by atoms with Gasteiger partial charge in [0.1, 0.15) is 6.54 Å². The smallest absolute Gasteiger partial charge is 0.323 e. The zero-order valence-electron chi connectivity index (χ0n) is 11.7. The summed E-state index contributed by atoms with van der Waals surface area (Å²) in [6.07, 6.45) is 2.46. The Labute approximate surface area is 121 Å². The summed E-state index contributed by atoms with van der Waals surface area (Å²) < 4.78 is 0. The number of nitrogens with zero attached hydrogens (tertiary/aromatic N) is 2. The molecule has 0 fully saturated rings. The second kappa shape index (κ2) is 7.18. The third-order valence-corrected chi connectivity index (χ3v) is 2.75. The molecule has 1 aromatic carbocycles. The van der Waals surface area contributed by atoms with E-state index in [1.807, 2.05) is 0 Å². The van der Waals surface area contributed by atoms with Crippen molar-refractivity contribution < 1.29 is 19.6 Å². The Bertz CT molecular complexity index is 580. The first-order chi connectivity index (χ1) is 9.82. The number of amides is 1. The monoisotopic (exact) mass is 292 g/mol. The molecule has 0 radical (unpaired) electrons. The number of para-hydroxylation sites is 1. The van der Waals surface area contributed by atoms with Gasteiger partial charge in [-0.3, -0.25) is 19.7 Å². The summed E-state index contributed by atoms with van der Waals surface area (Å²) in [6.45, 7) is 2.97. The molecule has 0 spiro atoms. The van der Waals surface area contributed by atoms with E-state index >= 15 is 0 Å². The zero-order valence-corrected chi connectivity index (χ0v) is 11.7. The van der Waals surface area contributed by atoms with E-state index in [-0.39, 0.29) is 17.3 Å². The van der Waals surface area contributed by atoms with E-state index in [1.54, 1.807) is 19.9 Å². The lowest BCUT2D eigenvalue weighted by atomic mass is 10.1. The molecule has 21 heavy (non-hydrogen) atoms. The van der Waals surface area contributed by atoms with Crippen molar-refractivity contribution in [3.05, 3.63) is 46.0 Å². The fourth-order valence-electron chi connectivity index (χ4n) is 1.71. The van der Waals surface area contributed by atoms with Crippen LogP contribution in [-0.2, 0) is 9.59 Å². The maximum atomic E-state index is 12.0. The molecule has 112 valence electrons. The second-order valence-electron chi connectivity index (χ2n) is 4.60. The first-order valence-corrected chi connectivity index (χ1v) is 6.26. The molecule has 0 bridgehead atoms. The molecule has 0 aromatic heterocycles. The minimum absolute atomic E-state index is 0.115. The summed E-state index contributed by atoms with van der Waals surface area (Å²) in [7, 11) is 0. The number of hydrogen-bond acceptors (Lipinski definition) is 4. The van der Waals surface area contributed by atoms with Crippen molar-refractivity contribution in [2.45, 2.75) is 19.9 Å². The van der Waals surface area contributed by atoms with Crippen molar-refractivity contribution in [1.82, 2.24) is 4.90 Å². The summed E-state index contributed by atoms with van der Waals surface area (Å²) >= 11 is 0. The molecule has 0 aliphatic rings. The van der Waals surface area contributed by atoms with Crippen molar-refractivity contribution >= 4 is 23.6 Å². The quantitative estimate of drug-likeness (QED) is 0.490. The highest BCUT2D eigenvalue weighted by atomic mass is 16.6. The van der Waals surface area contributed by atoms with Crippen molar-refractivity contribution in [2.24, 2.45) is 0 Å². The van der Waals surface area contributed by atoms with Gasteiger partial charge in [-0.05, 0) is 26.0 Å². The lowest BCUT2D eigenvalue weighted by Crippen LogP contribution is -2.39. The number of aliphatic carboxylic acids is 1. The highest BCUT2D eigenvalue weighted by Gasteiger charge is 2.18. The SMILES string of the molecule is CC(C)N(CC(=O)O)C(=O)/C=C/c1ccccc1[N+](=O)[O-]. The largest absolute Gasteiger partial charge is 0.480 e. The van der Waals surface area contributed by atoms with E-state index in [2.05, 4.69) is 0 Å². The number of nitro groups is 1. The molecule has 7 heteroatoms. The molecule has 0 heterocycles. The minimum atomic E-state index is -1.11. The number of carbonyl (C=O) groups excluding carboxylic acids is 1. The molecule has 1 aromatic rings. The van der Waals surface area contributed by atoms with E-state index < -0.39 is 23.3 Å². The Hall–Kier alpha value is -2.70. The van der Waals surface area contributed by atoms with Crippen LogP contribution in [0.15, 0.2) is 30.3 Å². The lowest BCUT2D eigenvalue weighted by Gasteiger charge is -2.23. The molecule has 0 saturated heterocycles. The van der Waals surface area contributed by atoms with Gasteiger partial charge in [0.25, 0.3) is 5.69 Å². The van der Waals surface area contributed by atoms with Gasteiger partial charge in [0.2, 0.25) is 5.91 Å². The standard InChI is InChI=1S/C14H16N2O5/c1-10(2)15(9-14(18)19)13(17)8-7-11-5-3-4-6-12(11)16(20)21/h3-8,10H,9H2,1-2H3,(H,18,19)/b8-7+. The third-order valence-electron chi connectivity index (χ3n) is 2.75. The normalized spacial score (nSPS) is 10.8. The fourth-order valence-corrected chi connectivity index (χ4v) is 1.71. The maximum Gasteiger partial charge on any atom is 0.323 e. The predicted octanol–water partition coefficient (Wildman–Crippen LogP) is 1.93. The summed E-state index contributed by atoms with van der Waals surface area (Å²) in [6, 6.07) is 5.71. The Morgan fingerprint density at radius 1 is 1.38 bits per heavy atom. The van der Waals surface area contributed by atoms with Crippen LogP contribution in [0.2, 0.25) is 0 Å². The van der Waals surface area contributed by atoms with E-state index in [1.165, 1.54) is 24.3 Å². The average Bonchev–Trinajstić information content (AvgIpc) is 2.41. The molecular formula is C14H16N2O5. The van der Waals surface area contributed by atoms with E-state index in [4.69, 9.17) is 5.11 Å². The minimum Gasteiger partial charge on any atom is -0.480 e. The van der Waals surface area contributed by atoms with Gasteiger partial charge in [-0.2, -0.15) is 0 Å². The second-order valence-corrected chi connectivity index (χ2v) is 4.60. The molecule has 7 nitrogen and oxygen atoms in total. The predicted molar refractivity (Wildman–Crippen MR) is 76.6 cm³/mol. The summed E-state index contributed by atoms with van der Waals surface area (Å²) in [5.41, 5.74) is 0.172. The summed E-state index contributed by atoms with van der Waals surface area (Å²) in [5, 5.41) is 19.6. The highest BCUT2D eigenvalue weighted by molar-refractivity contribution is 5.94. The number of carboxylic acid groups (broad SMARTS) is 1. The summed E-state index contributed by atoms with van der Waals surface area (Å²) in [5.74, 6) is -1.62. The molecular weight excluding hydrogens is 276 g/mol. The Morgan fingerprint density at radius 2 is 2.00 bits per heavy atom. The first-order valence-electron chi connectivity index (χ1n) is 6.26. The van der Waals surface area contributed by atoms with Crippen LogP contribution in [0.3, 0.4) is 0 Å². The van der Waals surface area contributed by atoms with Gasteiger partial charge < -0.3 is 10.0 Å². The van der Waals surface area contributed by atoms with Crippen LogP contribution >= 0.6 is 0 Å². The van der Waals surface area contributed by atoms with Gasteiger partial charge >= 0.3 is 5.97 Å². The zero-order chi connectivity index (χ0) is 16.0. The van der Waals surface area contributed by atoms with Crippen LogP contribution in [0.5, 0.6) is 0 Å². The number of hydrogen-bond donors (Lipinski definition) is 1. The molecule has 0 saturated carbocycles. The van der Waals surface area contributed by atoms with Gasteiger partial charge in [-0.25, -0.2) is 0 Å². The molecule has 1 N–H and O–H groups in total. The summed E-state index contributed by atoms with van der Waals surface area (Å²) in [4.78, 5) is 34.2. The molecule has 0 aliphatic heterocycles. The average molecular weight is 292 g/mol. The van der Waals surface area contributed by atoms with Gasteiger partial charge in [0.05, 0.1) is 10.5 Å². The van der Waals surface area contributed by atoms with Gasteiger partial charge in [-0.1, -0.05) is 12.1 Å². The number of rotatable bonds is 6. The van der Waals surface area contributed by atoms with Crippen LogP contribution in [0.4, 0.5) is 5.69 Å². The van der Waals surface area contributed by atoms with Crippen molar-refractivity contribution in [3.8, 4) is 0 Å². The number of nitro benzene ring substituents is 1. The molecule has 1 amide bonds. The number of benzene rings is 1. The topological polar surface area (TPSA) is 101 Å². The maximum absolute atomic E-state index is 12.0. The van der Waals surface area contributed by atoms with Crippen LogP contribution < -0.4 is 0 Å². The molecule has 0 atom stereocenters. The Morgan fingerprint density at radius 3 is 2.52 bits per heavy atom. The van der Waals surface area contributed by atoms with E-state index in [0.29, 0.717) is 0 Å². The van der Waals surface area contributed by atoms with Gasteiger partial charge in [0, 0.05) is 18.2 Å². The molecule has 0 aliphatic carbocycles. The van der Waals surface area contributed by atoms with Crippen LogP contribution in [0.1, 0.15) is 19.4 Å². The Balaban J connectivity index is 2.96. The van der Waals surface area contributed by atoms with Crippen LogP contribution in [-0.4, -0.2) is 39.4 Å². The van der Waals surface area contributed by atoms with Crippen molar-refractivity contribution in [2.75, 3.05) is 6.54 Å². The van der Waals surface area contributed by atoms with Crippen molar-refractivity contribution in [1.29, 1.82) is 0 Å². The fraction of sp³-hybridized carbons (Fsp3) is 0.286. The Kier molecular flexibility index (Phi) is 5.59. The van der Waals surface area contributed by atoms with Crippen molar-refractivity contribution in [3.63, 3.8) is 0 Å². The van der Waals surface area contributed by atoms with Crippen LogP contribution in [0, 0.1) is 10.1 Å². The molecule has 1 rings (SSSR count). The highest BCUT2D eigenvalue weighted by Crippen LogP contribution is 2.19. The van der Waals surface area contributed by atoms with E-state index in [9.17, 15) is 19.7 Å². The van der Waals surface area contributed by atoms with Gasteiger partial charge in [-0.15, -0.1) is 0 Å². The number of carbonyl (C=O) groups is 2. The van der Waals surface area contributed by atoms with Gasteiger partial charge in [0.15, 0.2) is 0 Å². The number of carboxylic acids is 1. The third kappa shape index (κ3) is 4.72. The molecule has 0 unspecified atom stereocenters. The van der Waals surface area contributed by atoms with Crippen LogP contribution in [0.25, 0.3) is 6.08 Å². The first kappa shape index (κ1) is 16.4.